The van der Waals surface area contributed by atoms with Crippen LogP contribution in [0.25, 0.3) is 0 Å². The smallest absolute Gasteiger partial charge is 0.295 e. The van der Waals surface area contributed by atoms with Gasteiger partial charge in [-0.1, -0.05) is 41.5 Å². The average molecular weight is 286 g/mol. The quantitative estimate of drug-likeness (QED) is 0.777. The van der Waals surface area contributed by atoms with Crippen LogP contribution in [-0.4, -0.2) is 18.1 Å². The standard InChI is InChI=1S/C14H22O4S/c1-13(2,3)10-7-9(15)8-11(14(4,5)6)12(10)19(16,17)18/h7-8,15H,1-6H3,(H,16,17,18). The molecule has 0 aliphatic carbocycles. The van der Waals surface area contributed by atoms with Crippen LogP contribution in [0.1, 0.15) is 52.7 Å². The summed E-state index contributed by atoms with van der Waals surface area (Å²) in [5.41, 5.74) is -0.187. The molecule has 0 saturated carbocycles. The second kappa shape index (κ2) is 4.49. The molecule has 0 fully saturated rings. The van der Waals surface area contributed by atoms with Crippen molar-refractivity contribution in [2.75, 3.05) is 0 Å². The molecule has 0 aliphatic rings. The molecule has 1 aromatic rings. The van der Waals surface area contributed by atoms with E-state index in [1.165, 1.54) is 12.1 Å². The van der Waals surface area contributed by atoms with E-state index in [9.17, 15) is 18.1 Å². The van der Waals surface area contributed by atoms with Crippen molar-refractivity contribution in [2.45, 2.75) is 57.3 Å². The zero-order chi connectivity index (χ0) is 15.2. The minimum atomic E-state index is -4.36. The van der Waals surface area contributed by atoms with Crippen molar-refractivity contribution in [2.24, 2.45) is 0 Å². The highest BCUT2D eigenvalue weighted by Gasteiger charge is 2.32. The van der Waals surface area contributed by atoms with Gasteiger partial charge in [0.05, 0.1) is 0 Å². The molecule has 19 heavy (non-hydrogen) atoms. The first kappa shape index (κ1) is 16.0. The summed E-state index contributed by atoms with van der Waals surface area (Å²) < 4.78 is 33.1. The number of hydrogen-bond donors (Lipinski definition) is 2. The van der Waals surface area contributed by atoms with Crippen molar-refractivity contribution in [3.05, 3.63) is 23.3 Å². The first-order valence-electron chi connectivity index (χ1n) is 6.10. The summed E-state index contributed by atoms with van der Waals surface area (Å²) in [7, 11) is -4.36. The zero-order valence-corrected chi connectivity index (χ0v) is 13.1. The van der Waals surface area contributed by atoms with Crippen LogP contribution in [0.2, 0.25) is 0 Å². The largest absolute Gasteiger partial charge is 0.508 e. The Balaban J connectivity index is 3.91. The summed E-state index contributed by atoms with van der Waals surface area (Å²) in [5, 5.41) is 9.83. The Morgan fingerprint density at radius 1 is 0.895 bits per heavy atom. The predicted molar refractivity (Wildman–Crippen MR) is 75.3 cm³/mol. The summed E-state index contributed by atoms with van der Waals surface area (Å²) in [5.74, 6) is 0.00208. The van der Waals surface area contributed by atoms with Gasteiger partial charge in [-0.15, -0.1) is 0 Å². The number of phenols is 1. The highest BCUT2D eigenvalue weighted by atomic mass is 32.2. The van der Waals surface area contributed by atoms with Gasteiger partial charge < -0.3 is 5.11 Å². The minimum Gasteiger partial charge on any atom is -0.508 e. The van der Waals surface area contributed by atoms with Crippen molar-refractivity contribution in [3.8, 4) is 5.75 Å². The Kier molecular flexibility index (Phi) is 3.78. The summed E-state index contributed by atoms with van der Waals surface area (Å²) >= 11 is 0. The van der Waals surface area contributed by atoms with Gasteiger partial charge in [-0.2, -0.15) is 8.42 Å². The number of phenolic OH excluding ortho intramolecular Hbond substituents is 1. The molecule has 1 rings (SSSR count). The first-order valence-corrected chi connectivity index (χ1v) is 7.54. The Bertz CT molecular complexity index is 552. The van der Waals surface area contributed by atoms with Gasteiger partial charge in [-0.3, -0.25) is 4.55 Å². The summed E-state index contributed by atoms with van der Waals surface area (Å²) in [6.45, 7) is 11.0. The van der Waals surface area contributed by atoms with Gasteiger partial charge in [-0.05, 0) is 34.1 Å². The van der Waals surface area contributed by atoms with Crippen molar-refractivity contribution < 1.29 is 18.1 Å². The lowest BCUT2D eigenvalue weighted by atomic mass is 9.80. The van der Waals surface area contributed by atoms with E-state index in [2.05, 4.69) is 0 Å². The van der Waals surface area contributed by atoms with E-state index in [1.54, 1.807) is 0 Å². The monoisotopic (exact) mass is 286 g/mol. The molecular weight excluding hydrogens is 264 g/mol. The average Bonchev–Trinajstić information content (AvgIpc) is 2.11. The van der Waals surface area contributed by atoms with Crippen molar-refractivity contribution in [1.82, 2.24) is 0 Å². The lowest BCUT2D eigenvalue weighted by molar-refractivity contribution is 0.450. The lowest BCUT2D eigenvalue weighted by Gasteiger charge is -2.28. The molecule has 0 aromatic heterocycles. The maximum atomic E-state index is 11.8. The van der Waals surface area contributed by atoms with Crippen molar-refractivity contribution in [1.29, 1.82) is 0 Å². The van der Waals surface area contributed by atoms with Crippen LogP contribution in [0.3, 0.4) is 0 Å². The molecule has 0 spiro atoms. The van der Waals surface area contributed by atoms with E-state index in [-0.39, 0.29) is 10.6 Å². The van der Waals surface area contributed by atoms with Crippen molar-refractivity contribution >= 4 is 10.1 Å². The van der Waals surface area contributed by atoms with Gasteiger partial charge in [-0.25, -0.2) is 0 Å². The minimum absolute atomic E-state index is 0.00208. The number of aromatic hydroxyl groups is 1. The van der Waals surface area contributed by atoms with Crippen LogP contribution in [0.15, 0.2) is 17.0 Å². The second-order valence-electron chi connectivity index (χ2n) is 6.85. The van der Waals surface area contributed by atoms with Gasteiger partial charge in [0.1, 0.15) is 10.6 Å². The van der Waals surface area contributed by atoms with E-state index in [1.807, 2.05) is 41.5 Å². The number of rotatable bonds is 1. The topological polar surface area (TPSA) is 74.6 Å². The highest BCUT2D eigenvalue weighted by Crippen LogP contribution is 2.39. The van der Waals surface area contributed by atoms with Crippen LogP contribution >= 0.6 is 0 Å². The van der Waals surface area contributed by atoms with Crippen LogP contribution in [0.4, 0.5) is 0 Å². The van der Waals surface area contributed by atoms with Gasteiger partial charge in [0.2, 0.25) is 0 Å². The Morgan fingerprint density at radius 2 is 1.21 bits per heavy atom. The number of benzene rings is 1. The summed E-state index contributed by atoms with van der Waals surface area (Å²) in [6, 6.07) is 2.80. The first-order chi connectivity index (χ1) is 8.24. The van der Waals surface area contributed by atoms with Gasteiger partial charge in [0.15, 0.2) is 0 Å². The fourth-order valence-electron chi connectivity index (χ4n) is 2.01. The molecule has 0 bridgehead atoms. The molecule has 0 amide bonds. The van der Waals surface area contributed by atoms with Crippen LogP contribution in [-0.2, 0) is 20.9 Å². The van der Waals surface area contributed by atoms with Crippen LogP contribution < -0.4 is 0 Å². The molecular formula is C14H22O4S. The van der Waals surface area contributed by atoms with E-state index in [0.29, 0.717) is 11.1 Å². The number of hydrogen-bond acceptors (Lipinski definition) is 3. The molecule has 0 heterocycles. The Labute approximate surface area is 115 Å². The summed E-state index contributed by atoms with van der Waals surface area (Å²) in [4.78, 5) is -0.0923. The predicted octanol–water partition coefficient (Wildman–Crippen LogP) is 3.23. The third-order valence-electron chi connectivity index (χ3n) is 2.95. The highest BCUT2D eigenvalue weighted by molar-refractivity contribution is 7.86. The second-order valence-corrected chi connectivity index (χ2v) is 8.20. The maximum Gasteiger partial charge on any atom is 0.295 e. The van der Waals surface area contributed by atoms with Gasteiger partial charge in [0.25, 0.3) is 10.1 Å². The normalized spacial score (nSPS) is 13.6. The molecule has 0 saturated heterocycles. The maximum absolute atomic E-state index is 11.8. The molecule has 2 N–H and O–H groups in total. The molecule has 108 valence electrons. The third-order valence-corrected chi connectivity index (χ3v) is 3.90. The molecule has 0 atom stereocenters. The molecule has 5 heteroatoms. The molecule has 4 nitrogen and oxygen atoms in total. The lowest BCUT2D eigenvalue weighted by Crippen LogP contribution is -2.23. The van der Waals surface area contributed by atoms with Crippen LogP contribution in [0.5, 0.6) is 5.75 Å². The van der Waals surface area contributed by atoms with Gasteiger partial charge >= 0.3 is 0 Å². The Morgan fingerprint density at radius 3 is 1.42 bits per heavy atom. The van der Waals surface area contributed by atoms with Gasteiger partial charge in [0, 0.05) is 0 Å². The summed E-state index contributed by atoms with van der Waals surface area (Å²) in [6.07, 6.45) is 0. The van der Waals surface area contributed by atoms with E-state index >= 15 is 0 Å². The molecule has 1 aromatic carbocycles. The Hall–Kier alpha value is -1.07. The van der Waals surface area contributed by atoms with E-state index in [0.717, 1.165) is 0 Å². The third kappa shape index (κ3) is 3.48. The van der Waals surface area contributed by atoms with Crippen molar-refractivity contribution in [3.63, 3.8) is 0 Å². The van der Waals surface area contributed by atoms with Crippen LogP contribution in [0, 0.1) is 0 Å². The SMILES string of the molecule is CC(C)(C)c1cc(O)cc(C(C)(C)C)c1S(=O)(=O)O. The molecule has 0 radical (unpaired) electrons. The molecule has 0 unspecified atom stereocenters. The zero-order valence-electron chi connectivity index (χ0n) is 12.3. The van der Waals surface area contributed by atoms with E-state index < -0.39 is 20.9 Å². The molecule has 0 aliphatic heterocycles. The van der Waals surface area contributed by atoms with E-state index in [4.69, 9.17) is 0 Å². The fourth-order valence-corrected chi connectivity index (χ4v) is 3.29. The fraction of sp³-hybridized carbons (Fsp3) is 0.571.